The van der Waals surface area contributed by atoms with E-state index in [1.807, 2.05) is 65.6 Å². The summed E-state index contributed by atoms with van der Waals surface area (Å²) in [7, 11) is 0. The first-order valence-electron chi connectivity index (χ1n) is 11.2. The number of para-hydroxylation sites is 2. The molecule has 4 aromatic rings. The summed E-state index contributed by atoms with van der Waals surface area (Å²) in [6.07, 6.45) is 1.78. The SMILES string of the molecule is CCc1ccc(-n2c(SCC(=O)N3c4ccccc4CC3C)nc3ccccc3c2=O)cc1. The summed E-state index contributed by atoms with van der Waals surface area (Å²) < 4.78 is 1.63. The maximum atomic E-state index is 13.4. The molecule has 166 valence electrons. The Morgan fingerprint density at radius 1 is 1.03 bits per heavy atom. The molecule has 0 fully saturated rings. The fraction of sp³-hybridized carbons (Fsp3) is 0.222. The zero-order valence-corrected chi connectivity index (χ0v) is 19.5. The number of aromatic nitrogens is 2. The van der Waals surface area contributed by atoms with E-state index in [4.69, 9.17) is 4.98 Å². The minimum Gasteiger partial charge on any atom is -0.308 e. The third-order valence-electron chi connectivity index (χ3n) is 6.15. The predicted molar refractivity (Wildman–Crippen MR) is 135 cm³/mol. The van der Waals surface area contributed by atoms with E-state index in [0.717, 1.165) is 24.2 Å². The van der Waals surface area contributed by atoms with Crippen molar-refractivity contribution in [2.24, 2.45) is 0 Å². The van der Waals surface area contributed by atoms with Gasteiger partial charge in [-0.2, -0.15) is 0 Å². The first-order valence-corrected chi connectivity index (χ1v) is 12.2. The zero-order valence-electron chi connectivity index (χ0n) is 18.7. The second-order valence-corrected chi connectivity index (χ2v) is 9.25. The lowest BCUT2D eigenvalue weighted by atomic mass is 10.1. The fourth-order valence-corrected chi connectivity index (χ4v) is 5.33. The Hall–Kier alpha value is -3.38. The summed E-state index contributed by atoms with van der Waals surface area (Å²) in [5, 5.41) is 1.09. The minimum absolute atomic E-state index is 0.0211. The third kappa shape index (κ3) is 3.95. The molecule has 1 aliphatic heterocycles. The molecule has 1 unspecified atom stereocenters. The molecule has 1 aromatic heterocycles. The van der Waals surface area contributed by atoms with Crippen LogP contribution >= 0.6 is 11.8 Å². The molecule has 1 aliphatic rings. The predicted octanol–water partition coefficient (Wildman–Crippen LogP) is 5.02. The van der Waals surface area contributed by atoms with Crippen LogP contribution in [0.25, 0.3) is 16.6 Å². The molecule has 33 heavy (non-hydrogen) atoms. The number of benzene rings is 3. The van der Waals surface area contributed by atoms with E-state index in [2.05, 4.69) is 19.9 Å². The topological polar surface area (TPSA) is 55.2 Å². The van der Waals surface area contributed by atoms with Crippen molar-refractivity contribution < 1.29 is 4.79 Å². The molecule has 6 heteroatoms. The highest BCUT2D eigenvalue weighted by Crippen LogP contribution is 2.33. The second kappa shape index (κ2) is 8.87. The van der Waals surface area contributed by atoms with Gasteiger partial charge in [0.25, 0.3) is 5.56 Å². The Morgan fingerprint density at radius 2 is 1.76 bits per heavy atom. The number of carbonyl (C=O) groups is 1. The summed E-state index contributed by atoms with van der Waals surface area (Å²) in [6, 6.07) is 23.5. The van der Waals surface area contributed by atoms with E-state index in [9.17, 15) is 9.59 Å². The average Bonchev–Trinajstić information content (AvgIpc) is 3.18. The van der Waals surface area contributed by atoms with Gasteiger partial charge in [0, 0.05) is 11.7 Å². The molecule has 2 heterocycles. The van der Waals surface area contributed by atoms with Crippen molar-refractivity contribution in [3.63, 3.8) is 0 Å². The summed E-state index contributed by atoms with van der Waals surface area (Å²) >= 11 is 1.31. The Balaban J connectivity index is 1.51. The van der Waals surface area contributed by atoms with Gasteiger partial charge in [-0.05, 0) is 61.2 Å². The largest absolute Gasteiger partial charge is 0.308 e. The summed E-state index contributed by atoms with van der Waals surface area (Å²) in [5.74, 6) is 0.226. The lowest BCUT2D eigenvalue weighted by Crippen LogP contribution is -2.37. The molecule has 0 bridgehead atoms. The fourth-order valence-electron chi connectivity index (χ4n) is 4.46. The van der Waals surface area contributed by atoms with Gasteiger partial charge in [0.05, 0.1) is 22.3 Å². The van der Waals surface area contributed by atoms with E-state index in [1.54, 1.807) is 10.6 Å². The first kappa shape index (κ1) is 21.5. The first-order chi connectivity index (χ1) is 16.1. The maximum absolute atomic E-state index is 13.4. The molecule has 0 saturated carbocycles. The number of thioether (sulfide) groups is 1. The van der Waals surface area contributed by atoms with Crippen molar-refractivity contribution in [1.29, 1.82) is 0 Å². The quantitative estimate of drug-likeness (QED) is 0.313. The molecule has 0 spiro atoms. The van der Waals surface area contributed by atoms with Gasteiger partial charge in [-0.15, -0.1) is 0 Å². The number of amides is 1. The number of fused-ring (bicyclic) bond motifs is 2. The Labute approximate surface area is 197 Å². The van der Waals surface area contributed by atoms with Crippen LogP contribution < -0.4 is 10.5 Å². The van der Waals surface area contributed by atoms with Crippen LogP contribution in [-0.4, -0.2) is 27.3 Å². The molecule has 0 saturated heterocycles. The van der Waals surface area contributed by atoms with Crippen molar-refractivity contribution in [2.75, 3.05) is 10.7 Å². The van der Waals surface area contributed by atoms with Gasteiger partial charge in [0.1, 0.15) is 0 Å². The molecule has 0 aliphatic carbocycles. The lowest BCUT2D eigenvalue weighted by molar-refractivity contribution is -0.116. The van der Waals surface area contributed by atoms with Crippen molar-refractivity contribution in [3.05, 3.63) is 94.3 Å². The number of carbonyl (C=O) groups excluding carboxylic acids is 1. The molecule has 3 aromatic carbocycles. The Kier molecular flexibility index (Phi) is 5.77. The van der Waals surface area contributed by atoms with Gasteiger partial charge in [-0.1, -0.05) is 61.2 Å². The molecule has 0 N–H and O–H groups in total. The van der Waals surface area contributed by atoms with Crippen LogP contribution in [0, 0.1) is 0 Å². The van der Waals surface area contributed by atoms with Crippen molar-refractivity contribution in [2.45, 2.75) is 37.9 Å². The number of hydrogen-bond acceptors (Lipinski definition) is 4. The van der Waals surface area contributed by atoms with E-state index in [1.165, 1.54) is 22.9 Å². The standard InChI is InChI=1S/C27H25N3O2S/c1-3-19-12-14-21(15-13-19)30-26(32)22-9-5-6-10-23(22)28-27(30)33-17-25(31)29-18(2)16-20-8-4-7-11-24(20)29/h4-15,18H,3,16-17H2,1-2H3. The molecular formula is C27H25N3O2S. The average molecular weight is 456 g/mol. The summed E-state index contributed by atoms with van der Waals surface area (Å²) in [5.41, 5.74) is 4.64. The van der Waals surface area contributed by atoms with Crippen LogP contribution in [0.2, 0.25) is 0 Å². The Bertz CT molecular complexity index is 1390. The zero-order chi connectivity index (χ0) is 22.9. The van der Waals surface area contributed by atoms with Gasteiger partial charge >= 0.3 is 0 Å². The molecule has 5 nitrogen and oxygen atoms in total. The highest BCUT2D eigenvalue weighted by Gasteiger charge is 2.30. The number of aryl methyl sites for hydroxylation is 1. The summed E-state index contributed by atoms with van der Waals surface area (Å²) in [6.45, 7) is 4.17. The van der Waals surface area contributed by atoms with Gasteiger partial charge < -0.3 is 4.90 Å². The summed E-state index contributed by atoms with van der Waals surface area (Å²) in [4.78, 5) is 33.3. The second-order valence-electron chi connectivity index (χ2n) is 8.31. The molecule has 1 atom stereocenters. The van der Waals surface area contributed by atoms with E-state index < -0.39 is 0 Å². The maximum Gasteiger partial charge on any atom is 0.266 e. The van der Waals surface area contributed by atoms with Gasteiger partial charge in [0.15, 0.2) is 5.16 Å². The van der Waals surface area contributed by atoms with Crippen LogP contribution in [0.1, 0.15) is 25.0 Å². The van der Waals surface area contributed by atoms with E-state index >= 15 is 0 Å². The Morgan fingerprint density at radius 3 is 2.55 bits per heavy atom. The molecule has 0 radical (unpaired) electrons. The normalized spacial score (nSPS) is 15.1. The highest BCUT2D eigenvalue weighted by molar-refractivity contribution is 7.99. The van der Waals surface area contributed by atoms with Crippen molar-refractivity contribution in [1.82, 2.24) is 9.55 Å². The van der Waals surface area contributed by atoms with Crippen LogP contribution in [0.3, 0.4) is 0 Å². The number of rotatable bonds is 5. The highest BCUT2D eigenvalue weighted by atomic mass is 32.2. The van der Waals surface area contributed by atoms with Crippen LogP contribution in [0.15, 0.2) is 82.7 Å². The smallest absolute Gasteiger partial charge is 0.266 e. The van der Waals surface area contributed by atoms with Gasteiger partial charge in [0.2, 0.25) is 5.91 Å². The van der Waals surface area contributed by atoms with Crippen LogP contribution in [0.4, 0.5) is 5.69 Å². The van der Waals surface area contributed by atoms with Crippen molar-refractivity contribution in [3.8, 4) is 5.69 Å². The molecule has 5 rings (SSSR count). The van der Waals surface area contributed by atoms with Crippen molar-refractivity contribution >= 4 is 34.3 Å². The van der Waals surface area contributed by atoms with Crippen LogP contribution in [-0.2, 0) is 17.6 Å². The lowest BCUT2D eigenvalue weighted by Gasteiger charge is -2.23. The van der Waals surface area contributed by atoms with Gasteiger partial charge in [-0.3, -0.25) is 14.2 Å². The van der Waals surface area contributed by atoms with Gasteiger partial charge in [-0.25, -0.2) is 4.98 Å². The molecule has 1 amide bonds. The van der Waals surface area contributed by atoms with E-state index in [-0.39, 0.29) is 23.3 Å². The third-order valence-corrected chi connectivity index (χ3v) is 7.07. The number of anilines is 1. The molecular weight excluding hydrogens is 430 g/mol. The minimum atomic E-state index is -0.125. The number of nitrogens with zero attached hydrogens (tertiary/aromatic N) is 3. The van der Waals surface area contributed by atoms with Crippen LogP contribution in [0.5, 0.6) is 0 Å². The van der Waals surface area contributed by atoms with E-state index in [0.29, 0.717) is 16.1 Å². The monoisotopic (exact) mass is 455 g/mol. The number of hydrogen-bond donors (Lipinski definition) is 0.